The molecule has 33 heavy (non-hydrogen) atoms. The Labute approximate surface area is 189 Å². The fraction of sp³-hybridized carbons (Fsp3) is 0.160. The number of furan rings is 1. The van der Waals surface area contributed by atoms with Crippen molar-refractivity contribution in [3.8, 4) is 11.5 Å². The third-order valence-electron chi connectivity index (χ3n) is 4.87. The first-order valence-corrected chi connectivity index (χ1v) is 10.3. The highest BCUT2D eigenvalue weighted by Crippen LogP contribution is 2.29. The first-order chi connectivity index (χ1) is 16.1. The van der Waals surface area contributed by atoms with E-state index in [1.54, 1.807) is 24.3 Å². The Bertz CT molecular complexity index is 1340. The summed E-state index contributed by atoms with van der Waals surface area (Å²) in [6, 6.07) is 18.5. The molecule has 168 valence electrons. The van der Waals surface area contributed by atoms with Crippen LogP contribution in [0.2, 0.25) is 0 Å². The van der Waals surface area contributed by atoms with Crippen molar-refractivity contribution in [1.29, 1.82) is 0 Å². The number of nitrogens with zero attached hydrogens (tertiary/aromatic N) is 1. The number of hydrogen-bond donors (Lipinski definition) is 1. The lowest BCUT2D eigenvalue weighted by Crippen LogP contribution is -2.16. The zero-order valence-corrected chi connectivity index (χ0v) is 18.2. The molecule has 0 radical (unpaired) electrons. The average molecular weight is 446 g/mol. The highest BCUT2D eigenvalue weighted by atomic mass is 16.6. The second kappa shape index (κ2) is 9.86. The fourth-order valence-corrected chi connectivity index (χ4v) is 3.31. The van der Waals surface area contributed by atoms with Crippen LogP contribution in [0, 0.1) is 0 Å². The number of carbonyl (C=O) groups excluding carboxylic acids is 2. The molecule has 0 unspecified atom stereocenters. The maximum atomic E-state index is 12.5. The Morgan fingerprint density at radius 3 is 2.67 bits per heavy atom. The smallest absolute Gasteiger partial charge is 0.343 e. The van der Waals surface area contributed by atoms with Gasteiger partial charge in [0.15, 0.2) is 23.9 Å². The number of hydrazone groups is 1. The molecular formula is C25H22N2O6. The molecule has 8 heteroatoms. The van der Waals surface area contributed by atoms with Crippen molar-refractivity contribution >= 4 is 39.8 Å². The number of hydrogen-bond acceptors (Lipinski definition) is 7. The summed E-state index contributed by atoms with van der Waals surface area (Å²) >= 11 is 0. The molecular weight excluding hydrogens is 424 g/mol. The Morgan fingerprint density at radius 1 is 1.00 bits per heavy atom. The van der Waals surface area contributed by atoms with Crippen LogP contribution < -0.4 is 14.9 Å². The fourth-order valence-electron chi connectivity index (χ4n) is 3.31. The molecule has 8 nitrogen and oxygen atoms in total. The Morgan fingerprint density at radius 2 is 1.85 bits per heavy atom. The lowest BCUT2D eigenvalue weighted by atomic mass is 10.1. The van der Waals surface area contributed by atoms with Gasteiger partial charge >= 0.3 is 11.9 Å². The van der Waals surface area contributed by atoms with E-state index in [0.717, 1.165) is 16.2 Å². The largest absolute Gasteiger partial charge is 0.490 e. The van der Waals surface area contributed by atoms with Gasteiger partial charge in [-0.25, -0.2) is 10.2 Å². The van der Waals surface area contributed by atoms with Crippen molar-refractivity contribution in [2.75, 3.05) is 20.3 Å². The number of carbonyl (C=O) groups is 2. The summed E-state index contributed by atoms with van der Waals surface area (Å²) in [5.41, 5.74) is 3.77. The van der Waals surface area contributed by atoms with E-state index in [-0.39, 0.29) is 12.4 Å². The zero-order valence-electron chi connectivity index (χ0n) is 18.2. The molecule has 0 fully saturated rings. The van der Waals surface area contributed by atoms with Crippen LogP contribution in [0.15, 0.2) is 70.2 Å². The normalized spacial score (nSPS) is 11.1. The van der Waals surface area contributed by atoms with Crippen LogP contribution in [0.1, 0.15) is 23.0 Å². The minimum absolute atomic E-state index is 0.167. The monoisotopic (exact) mass is 446 g/mol. The molecule has 0 saturated heterocycles. The molecule has 3 aromatic carbocycles. The molecule has 0 aliphatic heterocycles. The standard InChI is InChI=1S/C25H22N2O6/c1-3-31-22-12-16(8-10-21(22)32-15-24(28)30-2)14-26-27-25(29)23-13-19-18-7-5-4-6-17(18)9-11-20(19)33-23/h4-14H,3,15H2,1-2H3,(H,27,29). The van der Waals surface area contributed by atoms with E-state index in [9.17, 15) is 9.59 Å². The Balaban J connectivity index is 1.47. The van der Waals surface area contributed by atoms with Gasteiger partial charge in [0.1, 0.15) is 5.58 Å². The summed E-state index contributed by atoms with van der Waals surface area (Å²) in [7, 11) is 1.29. The molecule has 1 aromatic heterocycles. The number of fused-ring (bicyclic) bond motifs is 3. The molecule has 0 atom stereocenters. The highest BCUT2D eigenvalue weighted by molar-refractivity contribution is 6.08. The number of ether oxygens (including phenoxy) is 3. The molecule has 4 aromatic rings. The first kappa shape index (κ1) is 21.9. The van der Waals surface area contributed by atoms with E-state index in [4.69, 9.17) is 13.9 Å². The van der Waals surface area contributed by atoms with E-state index < -0.39 is 11.9 Å². The Kier molecular flexibility index (Phi) is 6.54. The Hall–Kier alpha value is -4.33. The molecule has 1 heterocycles. The summed E-state index contributed by atoms with van der Waals surface area (Å²) in [4.78, 5) is 23.8. The van der Waals surface area contributed by atoms with Gasteiger partial charge in [-0.1, -0.05) is 30.3 Å². The zero-order chi connectivity index (χ0) is 23.2. The van der Waals surface area contributed by atoms with Gasteiger partial charge in [0.25, 0.3) is 0 Å². The van der Waals surface area contributed by atoms with Gasteiger partial charge in [-0.3, -0.25) is 4.79 Å². The van der Waals surface area contributed by atoms with Crippen LogP contribution in [0.5, 0.6) is 11.5 Å². The summed E-state index contributed by atoms with van der Waals surface area (Å²) in [6.07, 6.45) is 1.47. The topological polar surface area (TPSA) is 99.4 Å². The minimum atomic E-state index is -0.496. The molecule has 0 aliphatic rings. The number of nitrogens with one attached hydrogen (secondary N) is 1. The molecule has 1 amide bonds. The highest BCUT2D eigenvalue weighted by Gasteiger charge is 2.13. The number of esters is 1. The van der Waals surface area contributed by atoms with Crippen molar-refractivity contribution in [3.05, 3.63) is 72.0 Å². The van der Waals surface area contributed by atoms with Crippen molar-refractivity contribution < 1.29 is 28.2 Å². The van der Waals surface area contributed by atoms with E-state index in [2.05, 4.69) is 15.3 Å². The van der Waals surface area contributed by atoms with Crippen LogP contribution in [0.3, 0.4) is 0 Å². The number of methoxy groups -OCH3 is 1. The van der Waals surface area contributed by atoms with Crippen molar-refractivity contribution in [1.82, 2.24) is 5.43 Å². The number of rotatable bonds is 8. The van der Waals surface area contributed by atoms with E-state index in [0.29, 0.717) is 29.3 Å². The molecule has 0 bridgehead atoms. The second-order valence-electron chi connectivity index (χ2n) is 7.01. The maximum absolute atomic E-state index is 12.5. The van der Waals surface area contributed by atoms with Crippen molar-refractivity contribution in [2.45, 2.75) is 6.92 Å². The van der Waals surface area contributed by atoms with Crippen LogP contribution in [-0.4, -0.2) is 38.4 Å². The lowest BCUT2D eigenvalue weighted by molar-refractivity contribution is -0.142. The second-order valence-corrected chi connectivity index (χ2v) is 7.01. The van der Waals surface area contributed by atoms with Gasteiger partial charge < -0.3 is 18.6 Å². The van der Waals surface area contributed by atoms with E-state index in [1.807, 2.05) is 43.3 Å². The maximum Gasteiger partial charge on any atom is 0.343 e. The average Bonchev–Trinajstić information content (AvgIpc) is 3.28. The molecule has 0 saturated carbocycles. The van der Waals surface area contributed by atoms with Crippen molar-refractivity contribution in [2.24, 2.45) is 5.10 Å². The summed E-state index contributed by atoms with van der Waals surface area (Å²) in [5.74, 6) is 0.0535. The minimum Gasteiger partial charge on any atom is -0.490 e. The predicted octanol–water partition coefficient (Wildman–Crippen LogP) is 4.30. The van der Waals surface area contributed by atoms with Gasteiger partial charge in [0.05, 0.1) is 19.9 Å². The summed E-state index contributed by atoms with van der Waals surface area (Å²) < 4.78 is 21.3. The molecule has 0 spiro atoms. The van der Waals surface area contributed by atoms with Crippen LogP contribution in [0.25, 0.3) is 21.7 Å². The summed E-state index contributed by atoms with van der Waals surface area (Å²) in [6.45, 7) is 2.02. The molecule has 0 aliphatic carbocycles. The number of benzene rings is 3. The first-order valence-electron chi connectivity index (χ1n) is 10.3. The van der Waals surface area contributed by atoms with Gasteiger partial charge in [0.2, 0.25) is 0 Å². The quantitative estimate of drug-likeness (QED) is 0.246. The third kappa shape index (κ3) is 4.95. The molecule has 4 rings (SSSR count). The third-order valence-corrected chi connectivity index (χ3v) is 4.87. The van der Waals surface area contributed by atoms with Gasteiger partial charge in [-0.15, -0.1) is 0 Å². The van der Waals surface area contributed by atoms with Crippen LogP contribution in [-0.2, 0) is 9.53 Å². The SMILES string of the molecule is CCOc1cc(C=NNC(=O)c2cc3c(ccc4ccccc43)o2)ccc1OCC(=O)OC. The molecule has 1 N–H and O–H groups in total. The summed E-state index contributed by atoms with van der Waals surface area (Å²) in [5, 5.41) is 6.96. The number of amides is 1. The van der Waals surface area contributed by atoms with E-state index >= 15 is 0 Å². The van der Waals surface area contributed by atoms with Crippen molar-refractivity contribution in [3.63, 3.8) is 0 Å². The van der Waals surface area contributed by atoms with Gasteiger partial charge in [-0.05, 0) is 53.6 Å². The van der Waals surface area contributed by atoms with Gasteiger partial charge in [0, 0.05) is 5.39 Å². The van der Waals surface area contributed by atoms with Crippen LogP contribution in [0.4, 0.5) is 0 Å². The predicted molar refractivity (Wildman–Crippen MR) is 124 cm³/mol. The lowest BCUT2D eigenvalue weighted by Gasteiger charge is -2.11. The van der Waals surface area contributed by atoms with Gasteiger partial charge in [-0.2, -0.15) is 5.10 Å². The van der Waals surface area contributed by atoms with Crippen LogP contribution >= 0.6 is 0 Å². The van der Waals surface area contributed by atoms with E-state index in [1.165, 1.54) is 13.3 Å².